The molecule has 1 fully saturated rings. The molecule has 96 valence electrons. The van der Waals surface area contributed by atoms with Crippen molar-refractivity contribution in [3.8, 4) is 11.8 Å². The van der Waals surface area contributed by atoms with Crippen LogP contribution in [0.1, 0.15) is 31.2 Å². The van der Waals surface area contributed by atoms with E-state index in [0.717, 1.165) is 18.8 Å². The van der Waals surface area contributed by atoms with Crippen LogP contribution in [0.5, 0.6) is 5.75 Å². The van der Waals surface area contributed by atoms with E-state index in [1.807, 2.05) is 12.1 Å². The Balaban J connectivity index is 1.75. The zero-order valence-electron chi connectivity index (χ0n) is 10.9. The van der Waals surface area contributed by atoms with Crippen LogP contribution in [0.4, 0.5) is 0 Å². The van der Waals surface area contributed by atoms with Crippen LogP contribution in [-0.2, 0) is 0 Å². The highest BCUT2D eigenvalue weighted by atomic mass is 16.5. The second-order valence-electron chi connectivity index (χ2n) is 4.90. The molecule has 3 heteroatoms. The van der Waals surface area contributed by atoms with Crippen LogP contribution >= 0.6 is 0 Å². The van der Waals surface area contributed by atoms with Crippen molar-refractivity contribution in [3.05, 3.63) is 29.8 Å². The van der Waals surface area contributed by atoms with Crippen molar-refractivity contribution >= 4 is 0 Å². The summed E-state index contributed by atoms with van der Waals surface area (Å²) in [5.41, 5.74) is 0.675. The van der Waals surface area contributed by atoms with Crippen LogP contribution in [0.15, 0.2) is 24.3 Å². The molecule has 1 aromatic carbocycles. The van der Waals surface area contributed by atoms with Crippen molar-refractivity contribution in [2.45, 2.75) is 31.7 Å². The number of benzene rings is 1. The summed E-state index contributed by atoms with van der Waals surface area (Å²) in [5.74, 6) is 0.854. The number of ether oxygens (including phenoxy) is 1. The van der Waals surface area contributed by atoms with Gasteiger partial charge in [0.25, 0.3) is 0 Å². The Morgan fingerprint density at radius 1 is 1.33 bits per heavy atom. The van der Waals surface area contributed by atoms with Crippen molar-refractivity contribution in [2.24, 2.45) is 0 Å². The minimum atomic E-state index is 0.664. The molecule has 3 nitrogen and oxygen atoms in total. The van der Waals surface area contributed by atoms with Crippen molar-refractivity contribution in [1.82, 2.24) is 4.90 Å². The molecule has 0 spiro atoms. The molecule has 0 N–H and O–H groups in total. The van der Waals surface area contributed by atoms with E-state index in [2.05, 4.69) is 18.0 Å². The van der Waals surface area contributed by atoms with Gasteiger partial charge in [-0.3, -0.25) is 0 Å². The van der Waals surface area contributed by atoms with Gasteiger partial charge in [-0.05, 0) is 57.1 Å². The Hall–Kier alpha value is -1.53. The summed E-state index contributed by atoms with van der Waals surface area (Å²) in [5, 5.41) is 8.71. The lowest BCUT2D eigenvalue weighted by Crippen LogP contribution is -2.37. The summed E-state index contributed by atoms with van der Waals surface area (Å²) in [7, 11) is 2.20. The maximum absolute atomic E-state index is 8.71. The van der Waals surface area contributed by atoms with Crippen LogP contribution in [0, 0.1) is 11.3 Å². The molecule has 0 aliphatic carbocycles. The predicted octanol–water partition coefficient (Wildman–Crippen LogP) is 2.81. The van der Waals surface area contributed by atoms with Gasteiger partial charge < -0.3 is 9.64 Å². The fourth-order valence-electron chi connectivity index (χ4n) is 2.45. The highest BCUT2D eigenvalue weighted by Crippen LogP contribution is 2.18. The predicted molar refractivity (Wildman–Crippen MR) is 71.5 cm³/mol. The summed E-state index contributed by atoms with van der Waals surface area (Å²) < 4.78 is 5.72. The Morgan fingerprint density at radius 2 is 2.11 bits per heavy atom. The standard InChI is InChI=1S/C15H20N2O/c1-17-10-3-2-4-14(17)9-11-18-15-7-5-13(12-16)6-8-15/h5-8,14H,2-4,9-11H2,1H3. The SMILES string of the molecule is CN1CCCCC1CCOc1ccc(C#N)cc1. The first-order chi connectivity index (χ1) is 8.79. The van der Waals surface area contributed by atoms with Crippen LogP contribution in [0.3, 0.4) is 0 Å². The smallest absolute Gasteiger partial charge is 0.119 e. The van der Waals surface area contributed by atoms with Gasteiger partial charge in [-0.1, -0.05) is 6.42 Å². The Labute approximate surface area is 109 Å². The van der Waals surface area contributed by atoms with Gasteiger partial charge in [0.1, 0.15) is 5.75 Å². The first kappa shape index (κ1) is 12.9. The molecule has 18 heavy (non-hydrogen) atoms. The molecule has 1 unspecified atom stereocenters. The normalized spacial score (nSPS) is 20.3. The number of hydrogen-bond donors (Lipinski definition) is 0. The molecule has 1 aromatic rings. The van der Waals surface area contributed by atoms with E-state index < -0.39 is 0 Å². The monoisotopic (exact) mass is 244 g/mol. The molecule has 0 amide bonds. The fraction of sp³-hybridized carbons (Fsp3) is 0.533. The minimum absolute atomic E-state index is 0.664. The second kappa shape index (κ2) is 6.42. The maximum Gasteiger partial charge on any atom is 0.119 e. The van der Waals surface area contributed by atoms with Crippen molar-refractivity contribution < 1.29 is 4.74 Å². The summed E-state index contributed by atoms with van der Waals surface area (Å²) in [4.78, 5) is 2.44. The number of rotatable bonds is 4. The minimum Gasteiger partial charge on any atom is -0.494 e. The molecular formula is C15H20N2O. The van der Waals surface area contributed by atoms with E-state index >= 15 is 0 Å². The van der Waals surface area contributed by atoms with E-state index in [1.54, 1.807) is 12.1 Å². The summed E-state index contributed by atoms with van der Waals surface area (Å²) in [6.07, 6.45) is 5.03. The highest BCUT2D eigenvalue weighted by Gasteiger charge is 2.18. The third kappa shape index (κ3) is 3.48. The van der Waals surface area contributed by atoms with E-state index in [0.29, 0.717) is 11.6 Å². The van der Waals surface area contributed by atoms with Crippen LogP contribution in [0.25, 0.3) is 0 Å². The third-order valence-corrected chi connectivity index (χ3v) is 3.62. The molecule has 0 bridgehead atoms. The zero-order valence-corrected chi connectivity index (χ0v) is 10.9. The molecule has 0 saturated carbocycles. The fourth-order valence-corrected chi connectivity index (χ4v) is 2.45. The highest BCUT2D eigenvalue weighted by molar-refractivity contribution is 5.34. The van der Waals surface area contributed by atoms with Gasteiger partial charge in [0.05, 0.1) is 18.2 Å². The van der Waals surface area contributed by atoms with E-state index in [9.17, 15) is 0 Å². The van der Waals surface area contributed by atoms with Crippen molar-refractivity contribution in [1.29, 1.82) is 5.26 Å². The molecule has 1 aliphatic rings. The second-order valence-corrected chi connectivity index (χ2v) is 4.90. The molecule has 1 aliphatic heterocycles. The number of hydrogen-bond acceptors (Lipinski definition) is 3. The molecular weight excluding hydrogens is 224 g/mol. The Kier molecular flexibility index (Phi) is 4.60. The quantitative estimate of drug-likeness (QED) is 0.817. The van der Waals surface area contributed by atoms with Gasteiger partial charge in [0.15, 0.2) is 0 Å². The average Bonchev–Trinajstić information content (AvgIpc) is 2.42. The molecule has 0 aromatic heterocycles. The topological polar surface area (TPSA) is 36.3 Å². The lowest BCUT2D eigenvalue weighted by molar-refractivity contribution is 0.153. The average molecular weight is 244 g/mol. The summed E-state index contributed by atoms with van der Waals surface area (Å²) in [6, 6.07) is 10.1. The number of nitriles is 1. The van der Waals surface area contributed by atoms with E-state index in [-0.39, 0.29) is 0 Å². The molecule has 0 radical (unpaired) electrons. The lowest BCUT2D eigenvalue weighted by Gasteiger charge is -2.32. The first-order valence-electron chi connectivity index (χ1n) is 6.63. The first-order valence-corrected chi connectivity index (χ1v) is 6.63. The molecule has 2 rings (SSSR count). The van der Waals surface area contributed by atoms with Gasteiger partial charge >= 0.3 is 0 Å². The van der Waals surface area contributed by atoms with Crippen LogP contribution in [-0.4, -0.2) is 31.1 Å². The maximum atomic E-state index is 8.71. The third-order valence-electron chi connectivity index (χ3n) is 3.62. The number of nitrogens with zero attached hydrogens (tertiary/aromatic N) is 2. The van der Waals surface area contributed by atoms with Crippen molar-refractivity contribution in [3.63, 3.8) is 0 Å². The van der Waals surface area contributed by atoms with Gasteiger partial charge in [0.2, 0.25) is 0 Å². The van der Waals surface area contributed by atoms with E-state index in [4.69, 9.17) is 10.00 Å². The van der Waals surface area contributed by atoms with Crippen LogP contribution in [0.2, 0.25) is 0 Å². The molecule has 1 heterocycles. The Morgan fingerprint density at radius 3 is 2.78 bits per heavy atom. The van der Waals surface area contributed by atoms with Crippen molar-refractivity contribution in [2.75, 3.05) is 20.2 Å². The van der Waals surface area contributed by atoms with E-state index in [1.165, 1.54) is 25.8 Å². The van der Waals surface area contributed by atoms with Gasteiger partial charge in [-0.25, -0.2) is 0 Å². The Bertz CT molecular complexity index is 407. The zero-order chi connectivity index (χ0) is 12.8. The van der Waals surface area contributed by atoms with Crippen LogP contribution < -0.4 is 4.74 Å². The molecule has 1 atom stereocenters. The summed E-state index contributed by atoms with van der Waals surface area (Å²) in [6.45, 7) is 1.96. The molecule has 1 saturated heterocycles. The number of likely N-dealkylation sites (tertiary alicyclic amines) is 1. The van der Waals surface area contributed by atoms with Gasteiger partial charge in [-0.15, -0.1) is 0 Å². The lowest BCUT2D eigenvalue weighted by atomic mass is 10.0. The number of piperidine rings is 1. The van der Waals surface area contributed by atoms with Gasteiger partial charge in [0, 0.05) is 6.04 Å². The summed E-state index contributed by atoms with van der Waals surface area (Å²) >= 11 is 0. The van der Waals surface area contributed by atoms with Gasteiger partial charge in [-0.2, -0.15) is 5.26 Å². The largest absolute Gasteiger partial charge is 0.494 e.